The summed E-state index contributed by atoms with van der Waals surface area (Å²) in [4.78, 5) is -0.560. The highest BCUT2D eigenvalue weighted by Gasteiger charge is 2.55. The molecule has 0 aromatic rings. The molecule has 0 aromatic carbocycles. The van der Waals surface area contributed by atoms with Gasteiger partial charge in [-0.25, -0.2) is 0 Å². The van der Waals surface area contributed by atoms with Crippen molar-refractivity contribution < 1.29 is 159 Å². The summed E-state index contributed by atoms with van der Waals surface area (Å²) in [6, 6.07) is 0. The van der Waals surface area contributed by atoms with Crippen LogP contribution in [0.15, 0.2) is 15.8 Å². The van der Waals surface area contributed by atoms with E-state index >= 15 is 0 Å². The van der Waals surface area contributed by atoms with Crippen LogP contribution in [0.3, 0.4) is 0 Å². The molecule has 48 nitrogen and oxygen atoms in total. The van der Waals surface area contributed by atoms with Crippen LogP contribution in [-0.2, 0) is 56.8 Å². The molecule has 6 rings (SSSR count). The van der Waals surface area contributed by atoms with Gasteiger partial charge in [0, 0.05) is 82.1 Å². The molecule has 0 amide bonds. The van der Waals surface area contributed by atoms with Gasteiger partial charge in [0.1, 0.15) is 160 Å². The molecular weight excluding hydrogens is 1390 g/mol. The predicted molar refractivity (Wildman–Crippen MR) is 334 cm³/mol. The largest absolute Gasteiger partial charge is 0.737 e. The third-order valence-corrected chi connectivity index (χ3v) is 17.6. The standard InChI is InChI=1S/C18H37N5O11.2C18H36N4O12/c1-9-12(25)13(26)17(11(8-24)32-9)34-18-15(28)14(27)16(31-2)10(33-18)7-22(23(30)21-29)6-5-20-4-3-19;1-9-12(25)13(26)17(11(8-24)32-9)34-18-15(28)14(27)16(31-2)10(33-18)7-21(22(30)20-29)5-3-19-4-6-23;1-9-12(25)13(26)17(11(8-24)32-9)34-18-15(28)14(27)16(31-2)10(33-18)7-19-3-4-21(5-6-23)22(30)20-29/h9-18,20,24-29H,3-8,19H2,1-2H3;2*9-19,23-29H,3-8H2,1-2H3/p-3/b23-21-;2*22-20-/t3*9-,10-,11-,12+,13-,14-,15-,16-,17?,18-/m111/s1. The van der Waals surface area contributed by atoms with E-state index in [0.29, 0.717) is 13.1 Å². The Hall–Kier alpha value is -4.32. The van der Waals surface area contributed by atoms with E-state index in [4.69, 9.17) is 72.8 Å². The fourth-order valence-electron chi connectivity index (χ4n) is 11.9. The normalized spacial score (nSPS) is 39.2. The minimum atomic E-state index is -1.67. The van der Waals surface area contributed by atoms with E-state index < -0.39 is 203 Å². The van der Waals surface area contributed by atoms with Gasteiger partial charge in [-0.15, -0.1) is 15.0 Å². The van der Waals surface area contributed by atoms with Crippen LogP contribution in [0, 0.1) is 31.2 Å². The highest BCUT2D eigenvalue weighted by Crippen LogP contribution is 2.34. The van der Waals surface area contributed by atoms with E-state index in [1.807, 2.05) is 0 Å². The van der Waals surface area contributed by atoms with Gasteiger partial charge in [-0.1, -0.05) is 0 Å². The molecule has 6 aliphatic rings. The first-order valence-corrected chi connectivity index (χ1v) is 32.8. The number of nitrogens with zero attached hydrogens (tertiary/aromatic N) is 9. The summed E-state index contributed by atoms with van der Waals surface area (Å²) >= 11 is 0. The van der Waals surface area contributed by atoms with Gasteiger partial charge in [0.2, 0.25) is 0 Å². The minimum absolute atomic E-state index is 0.0190. The second kappa shape index (κ2) is 45.4. The minimum Gasteiger partial charge on any atom is -0.737 e. The van der Waals surface area contributed by atoms with E-state index in [1.54, 1.807) is 0 Å². The lowest BCUT2D eigenvalue weighted by Crippen LogP contribution is -2.65. The molecule has 0 radical (unpaired) electrons. The Labute approximate surface area is 585 Å². The van der Waals surface area contributed by atoms with Crippen molar-refractivity contribution in [3.8, 4) is 0 Å². The summed E-state index contributed by atoms with van der Waals surface area (Å²) in [6.45, 7) is 3.46. The van der Waals surface area contributed by atoms with Crippen LogP contribution in [0.1, 0.15) is 20.8 Å². The number of rotatable bonds is 36. The number of hydrazine groups is 3. The number of hydrogen-bond acceptors (Lipinski definition) is 42. The summed E-state index contributed by atoms with van der Waals surface area (Å²) in [5.41, 5.74) is 5.41. The van der Waals surface area contributed by atoms with Gasteiger partial charge in [0.05, 0.1) is 77.5 Å². The Balaban J connectivity index is 0.000000324. The van der Waals surface area contributed by atoms with Crippen LogP contribution >= 0.6 is 0 Å². The van der Waals surface area contributed by atoms with Gasteiger partial charge in [0.15, 0.2) is 18.9 Å². The first-order valence-electron chi connectivity index (χ1n) is 32.8. The average molecular weight is 1500 g/mol. The van der Waals surface area contributed by atoms with Gasteiger partial charge in [-0.05, 0) is 36.6 Å². The molecule has 3 unspecified atom stereocenters. The summed E-state index contributed by atoms with van der Waals surface area (Å²) in [5.74, 6) is 0. The molecule has 0 saturated carbocycles. The monoisotopic (exact) mass is 1500 g/mol. The lowest BCUT2D eigenvalue weighted by Gasteiger charge is -2.46. The molecular formula is C54H106N13O35-3. The van der Waals surface area contributed by atoms with Crippen molar-refractivity contribution in [2.45, 2.75) is 204 Å². The molecule has 30 atom stereocenters. The molecule has 0 aliphatic carbocycles. The number of ether oxygens (including phenoxy) is 12. The Morgan fingerprint density at radius 2 is 0.676 bits per heavy atom. The van der Waals surface area contributed by atoms with Gasteiger partial charge < -0.3 is 197 Å². The third-order valence-electron chi connectivity index (χ3n) is 17.6. The maximum atomic E-state index is 11.9. The molecule has 0 spiro atoms. The van der Waals surface area contributed by atoms with E-state index in [2.05, 4.69) is 31.8 Å². The van der Waals surface area contributed by atoms with E-state index in [9.17, 15) is 108 Å². The van der Waals surface area contributed by atoms with E-state index in [0.717, 1.165) is 15.0 Å². The zero-order valence-electron chi connectivity index (χ0n) is 57.1. The van der Waals surface area contributed by atoms with Crippen molar-refractivity contribution in [3.63, 3.8) is 0 Å². The molecule has 6 aliphatic heterocycles. The van der Waals surface area contributed by atoms with Crippen molar-refractivity contribution in [2.24, 2.45) is 21.6 Å². The maximum absolute atomic E-state index is 11.9. The Morgan fingerprint density at radius 1 is 0.373 bits per heavy atom. The summed E-state index contributed by atoms with van der Waals surface area (Å²) in [5, 5.41) is 257. The molecule has 48 heteroatoms. The molecule has 102 heavy (non-hydrogen) atoms. The molecule has 22 N–H and O–H groups in total. The lowest BCUT2D eigenvalue weighted by molar-refractivity contribution is -0.692. The smallest absolute Gasteiger partial charge is 0.187 e. The SMILES string of the molecule is CO[C@H]1[C@H](O)[C@@H](O)[C@@H](OC2[C@@H](CO)O[C@H](C)[C@H](O)[C@H]2O)O[C@@H]1CN(CCNCCN)/[N+]([O-])=N/[O-].CO[C@H]1[C@H](O)[C@@H](O)[C@@H](OC2[C@@H](CO)O[C@H](C)[C@H](O)[C@H]2O)O[C@@H]1CN(CCNCCO)/[N+]([O-])=N/[O-].CO[C@H]1[C@H](O)[C@@H](O)[C@@H](OC2[C@@H](CO)O[C@H](C)[C@H](O)[C@H]2O)O[C@@H]1CNCCN(CCO)/[N+]([O-])=N/[O-]. The highest BCUT2D eigenvalue weighted by molar-refractivity contribution is 4.99. The Kier molecular flexibility index (Phi) is 40.1. The van der Waals surface area contributed by atoms with E-state index in [-0.39, 0.29) is 100 Å². The van der Waals surface area contributed by atoms with Gasteiger partial charge in [-0.3, -0.25) is 0 Å². The topological polar surface area (TPSA) is 711 Å². The Morgan fingerprint density at radius 3 is 0.990 bits per heavy atom. The summed E-state index contributed by atoms with van der Waals surface area (Å²) in [6.07, 6.45) is -38.3. The van der Waals surface area contributed by atoms with Crippen LogP contribution < -0.4 is 21.7 Å². The summed E-state index contributed by atoms with van der Waals surface area (Å²) in [7, 11) is 3.82. The van der Waals surface area contributed by atoms with Crippen molar-refractivity contribution in [1.82, 2.24) is 31.0 Å². The van der Waals surface area contributed by atoms with Crippen molar-refractivity contribution in [3.05, 3.63) is 31.2 Å². The van der Waals surface area contributed by atoms with Crippen LogP contribution in [0.25, 0.3) is 0 Å². The zero-order valence-corrected chi connectivity index (χ0v) is 57.1. The molecule has 6 fully saturated rings. The number of hydrogen-bond donors (Lipinski definition) is 21. The fraction of sp³-hybridized carbons (Fsp3) is 1.00. The van der Waals surface area contributed by atoms with Crippen LogP contribution in [0.5, 0.6) is 0 Å². The quantitative estimate of drug-likeness (QED) is 0.0120. The number of methoxy groups -OCH3 is 3. The predicted octanol–water partition coefficient (Wildman–Crippen LogP) is -13.3. The van der Waals surface area contributed by atoms with Crippen LogP contribution in [0.2, 0.25) is 0 Å². The fourth-order valence-corrected chi connectivity index (χ4v) is 11.9. The average Bonchev–Trinajstić information content (AvgIpc) is 0.796. The van der Waals surface area contributed by atoms with Crippen LogP contribution in [-0.4, -0.2) is 440 Å². The molecule has 6 saturated heterocycles. The maximum Gasteiger partial charge on any atom is 0.187 e. The second-order valence-corrected chi connectivity index (χ2v) is 24.3. The van der Waals surface area contributed by atoms with Crippen LogP contribution in [0.4, 0.5) is 0 Å². The highest BCUT2D eigenvalue weighted by atomic mass is 16.7. The first kappa shape index (κ1) is 90.1. The number of aliphatic hydroxyl groups excluding tert-OH is 17. The van der Waals surface area contributed by atoms with Crippen molar-refractivity contribution >= 4 is 0 Å². The van der Waals surface area contributed by atoms with E-state index in [1.165, 1.54) is 42.1 Å². The van der Waals surface area contributed by atoms with Gasteiger partial charge >= 0.3 is 0 Å². The van der Waals surface area contributed by atoms with Gasteiger partial charge in [-0.2, -0.15) is 0 Å². The molecule has 6 heterocycles. The second-order valence-electron chi connectivity index (χ2n) is 24.3. The number of nitrogens with one attached hydrogen (secondary N) is 3. The summed E-state index contributed by atoms with van der Waals surface area (Å²) < 4.78 is 66.2. The Bertz CT molecular complexity index is 2290. The molecule has 600 valence electrons. The molecule has 0 aromatic heterocycles. The lowest BCUT2D eigenvalue weighted by atomic mass is 9.94. The first-order chi connectivity index (χ1) is 48.6. The van der Waals surface area contributed by atoms with Crippen molar-refractivity contribution in [1.29, 1.82) is 0 Å². The number of aliphatic hydroxyl groups is 17. The third kappa shape index (κ3) is 24.4. The molecule has 0 bridgehead atoms. The van der Waals surface area contributed by atoms with Crippen molar-refractivity contribution in [2.75, 3.05) is 139 Å². The van der Waals surface area contributed by atoms with Gasteiger partial charge in [0.25, 0.3) is 0 Å². The number of nitrogens with two attached hydrogens (primary N) is 1. The zero-order chi connectivity index (χ0) is 76.2.